The summed E-state index contributed by atoms with van der Waals surface area (Å²) in [6, 6.07) is 13.6. The first-order valence-electron chi connectivity index (χ1n) is 8.97. The van der Waals surface area contributed by atoms with Gasteiger partial charge >= 0.3 is 0 Å². The Morgan fingerprint density at radius 2 is 1.45 bits per heavy atom. The second-order valence-electron chi connectivity index (χ2n) is 6.32. The number of hydrogen-bond donors (Lipinski definition) is 1. The van der Waals surface area contributed by atoms with E-state index in [2.05, 4.69) is 10.3 Å². The van der Waals surface area contributed by atoms with Crippen LogP contribution in [0.3, 0.4) is 0 Å². The quantitative estimate of drug-likeness (QED) is 0.483. The number of nitrogens with zero attached hydrogens (tertiary/aromatic N) is 2. The van der Waals surface area contributed by atoms with Gasteiger partial charge < -0.3 is 24.3 Å². The average Bonchev–Trinajstić information content (AvgIpc) is 2.77. The molecule has 0 aliphatic rings. The van der Waals surface area contributed by atoms with Crippen LogP contribution in [0.2, 0.25) is 0 Å². The number of ether oxygens (including phenoxy) is 4. The number of aromatic nitrogens is 2. The van der Waals surface area contributed by atoms with E-state index < -0.39 is 0 Å². The zero-order valence-electron chi connectivity index (χ0n) is 16.6. The molecule has 1 heterocycles. The van der Waals surface area contributed by atoms with Gasteiger partial charge in [0.15, 0.2) is 11.5 Å². The van der Waals surface area contributed by atoms with Crippen molar-refractivity contribution >= 4 is 33.3 Å². The smallest absolute Gasteiger partial charge is 0.227 e. The average molecular weight is 391 g/mol. The predicted octanol–water partition coefficient (Wildman–Crippen LogP) is 4.56. The van der Waals surface area contributed by atoms with Crippen LogP contribution < -0.4 is 24.3 Å². The molecule has 29 heavy (non-hydrogen) atoms. The first-order chi connectivity index (χ1) is 14.2. The molecular formula is C22H21N3O4. The van der Waals surface area contributed by atoms with E-state index in [-0.39, 0.29) is 0 Å². The minimum absolute atomic E-state index is 0.460. The van der Waals surface area contributed by atoms with Gasteiger partial charge in [-0.2, -0.15) is 0 Å². The molecule has 0 bridgehead atoms. The van der Waals surface area contributed by atoms with E-state index in [0.717, 1.165) is 33.1 Å². The van der Waals surface area contributed by atoms with Crippen molar-refractivity contribution in [3.8, 4) is 23.0 Å². The van der Waals surface area contributed by atoms with Gasteiger partial charge in [0, 0.05) is 34.8 Å². The lowest BCUT2D eigenvalue weighted by Gasteiger charge is -2.14. The largest absolute Gasteiger partial charge is 0.497 e. The Labute approximate surface area is 168 Å². The molecule has 0 atom stereocenters. The van der Waals surface area contributed by atoms with Crippen LogP contribution in [0.5, 0.6) is 23.0 Å². The molecule has 1 N–H and O–H groups in total. The van der Waals surface area contributed by atoms with Crippen molar-refractivity contribution in [2.45, 2.75) is 0 Å². The number of hydrogen-bond acceptors (Lipinski definition) is 7. The Balaban J connectivity index is 1.80. The van der Waals surface area contributed by atoms with E-state index in [4.69, 9.17) is 23.9 Å². The molecule has 0 radical (unpaired) electrons. The van der Waals surface area contributed by atoms with Gasteiger partial charge in [0.2, 0.25) is 11.7 Å². The highest BCUT2D eigenvalue weighted by Crippen LogP contribution is 2.40. The Kier molecular flexibility index (Phi) is 4.95. The Morgan fingerprint density at radius 3 is 2.10 bits per heavy atom. The van der Waals surface area contributed by atoms with Gasteiger partial charge in [0.25, 0.3) is 0 Å². The Bertz CT molecular complexity index is 1170. The van der Waals surface area contributed by atoms with Crippen LogP contribution in [0.4, 0.5) is 11.6 Å². The molecule has 148 valence electrons. The molecule has 0 saturated heterocycles. The minimum Gasteiger partial charge on any atom is -0.497 e. The molecule has 0 amide bonds. The molecule has 0 fully saturated rings. The van der Waals surface area contributed by atoms with Gasteiger partial charge in [-0.1, -0.05) is 18.2 Å². The molecular weight excluding hydrogens is 370 g/mol. The van der Waals surface area contributed by atoms with Crippen LogP contribution in [0.15, 0.2) is 48.7 Å². The summed E-state index contributed by atoms with van der Waals surface area (Å²) in [6.45, 7) is 0. The zero-order valence-corrected chi connectivity index (χ0v) is 16.6. The summed E-state index contributed by atoms with van der Waals surface area (Å²) in [7, 11) is 6.37. The molecule has 0 saturated carbocycles. The maximum Gasteiger partial charge on any atom is 0.227 e. The fourth-order valence-corrected chi connectivity index (χ4v) is 3.26. The van der Waals surface area contributed by atoms with Gasteiger partial charge in [-0.15, -0.1) is 0 Å². The number of benzene rings is 3. The molecule has 0 unspecified atom stereocenters. The van der Waals surface area contributed by atoms with Crippen molar-refractivity contribution in [2.75, 3.05) is 33.8 Å². The summed E-state index contributed by atoms with van der Waals surface area (Å²) in [6.07, 6.45) is 1.79. The van der Waals surface area contributed by atoms with Crippen molar-refractivity contribution in [1.29, 1.82) is 0 Å². The molecule has 1 aromatic heterocycles. The van der Waals surface area contributed by atoms with Gasteiger partial charge in [0.1, 0.15) is 5.75 Å². The van der Waals surface area contributed by atoms with Crippen LogP contribution in [-0.4, -0.2) is 38.4 Å². The Morgan fingerprint density at radius 1 is 0.759 bits per heavy atom. The van der Waals surface area contributed by atoms with Crippen molar-refractivity contribution in [2.24, 2.45) is 0 Å². The maximum absolute atomic E-state index is 5.41. The highest BCUT2D eigenvalue weighted by molar-refractivity contribution is 6.05. The highest BCUT2D eigenvalue weighted by Gasteiger charge is 2.14. The standard InChI is InChI=1S/C22H21N3O4/c1-26-16-8-7-13-5-6-14-12-23-22(25-20(14)17(13)11-16)24-15-9-18(27-2)21(29-4)19(10-15)28-3/h5-12H,1-4H3,(H,23,24,25). The summed E-state index contributed by atoms with van der Waals surface area (Å²) < 4.78 is 21.6. The number of methoxy groups -OCH3 is 4. The lowest BCUT2D eigenvalue weighted by molar-refractivity contribution is 0.324. The fraction of sp³-hybridized carbons (Fsp3) is 0.182. The molecule has 0 aliphatic carbocycles. The number of nitrogens with one attached hydrogen (secondary N) is 1. The van der Waals surface area contributed by atoms with Crippen LogP contribution in [-0.2, 0) is 0 Å². The van der Waals surface area contributed by atoms with E-state index in [9.17, 15) is 0 Å². The third-order valence-electron chi connectivity index (χ3n) is 4.70. The minimum atomic E-state index is 0.460. The Hall–Kier alpha value is -3.74. The molecule has 7 heteroatoms. The molecule has 3 aromatic carbocycles. The fourth-order valence-electron chi connectivity index (χ4n) is 3.26. The van der Waals surface area contributed by atoms with Gasteiger partial charge in [-0.25, -0.2) is 9.97 Å². The summed E-state index contributed by atoms with van der Waals surface area (Å²) in [5.41, 5.74) is 1.56. The summed E-state index contributed by atoms with van der Waals surface area (Å²) in [5.74, 6) is 2.86. The van der Waals surface area contributed by atoms with E-state index in [1.165, 1.54) is 0 Å². The van der Waals surface area contributed by atoms with E-state index in [1.807, 2.05) is 30.3 Å². The van der Waals surface area contributed by atoms with Gasteiger partial charge in [-0.05, 0) is 17.5 Å². The number of rotatable bonds is 6. The normalized spacial score (nSPS) is 10.8. The summed E-state index contributed by atoms with van der Waals surface area (Å²) >= 11 is 0. The van der Waals surface area contributed by atoms with Crippen molar-refractivity contribution in [3.63, 3.8) is 0 Å². The second kappa shape index (κ2) is 7.71. The van der Waals surface area contributed by atoms with Crippen LogP contribution in [0.25, 0.3) is 21.7 Å². The van der Waals surface area contributed by atoms with E-state index in [1.54, 1.807) is 46.8 Å². The highest BCUT2D eigenvalue weighted by atomic mass is 16.5. The van der Waals surface area contributed by atoms with Crippen LogP contribution in [0, 0.1) is 0 Å². The lowest BCUT2D eigenvalue weighted by Crippen LogP contribution is -2.00. The zero-order chi connectivity index (χ0) is 20.4. The molecule has 7 nitrogen and oxygen atoms in total. The van der Waals surface area contributed by atoms with Crippen molar-refractivity contribution < 1.29 is 18.9 Å². The maximum atomic E-state index is 5.41. The lowest BCUT2D eigenvalue weighted by atomic mass is 10.1. The first-order valence-corrected chi connectivity index (χ1v) is 8.97. The first kappa shape index (κ1) is 18.6. The second-order valence-corrected chi connectivity index (χ2v) is 6.32. The van der Waals surface area contributed by atoms with E-state index in [0.29, 0.717) is 23.2 Å². The van der Waals surface area contributed by atoms with E-state index >= 15 is 0 Å². The molecule has 4 rings (SSSR count). The van der Waals surface area contributed by atoms with Gasteiger partial charge in [0.05, 0.1) is 34.0 Å². The molecule has 0 aliphatic heterocycles. The summed E-state index contributed by atoms with van der Waals surface area (Å²) in [5, 5.41) is 6.24. The third kappa shape index (κ3) is 3.42. The topological polar surface area (TPSA) is 74.7 Å². The van der Waals surface area contributed by atoms with Crippen LogP contribution in [0.1, 0.15) is 0 Å². The molecule has 4 aromatic rings. The SMILES string of the molecule is COc1ccc2ccc3cnc(Nc4cc(OC)c(OC)c(OC)c4)nc3c2c1. The van der Waals surface area contributed by atoms with Crippen LogP contribution >= 0.6 is 0 Å². The molecule has 0 spiro atoms. The summed E-state index contributed by atoms with van der Waals surface area (Å²) in [4.78, 5) is 9.18. The number of fused-ring (bicyclic) bond motifs is 3. The monoisotopic (exact) mass is 391 g/mol. The predicted molar refractivity (Wildman–Crippen MR) is 113 cm³/mol. The van der Waals surface area contributed by atoms with Crippen molar-refractivity contribution in [3.05, 3.63) is 48.7 Å². The van der Waals surface area contributed by atoms with Crippen molar-refractivity contribution in [1.82, 2.24) is 9.97 Å². The number of anilines is 2. The van der Waals surface area contributed by atoms with Gasteiger partial charge in [-0.3, -0.25) is 0 Å². The third-order valence-corrected chi connectivity index (χ3v) is 4.70.